The Morgan fingerprint density at radius 1 is 0.559 bits per heavy atom. The molecular formula is C91H135N17O19. The first kappa shape index (κ1) is 106. The average Bonchev–Trinajstić information content (AvgIpc) is 1.80. The number of aliphatic hydroxyl groups is 1. The number of para-hydroxylation sites is 1. The van der Waals surface area contributed by atoms with Crippen LogP contribution in [0.2, 0.25) is 0 Å². The van der Waals surface area contributed by atoms with E-state index in [0.29, 0.717) is 66.1 Å². The van der Waals surface area contributed by atoms with Gasteiger partial charge in [0, 0.05) is 56.3 Å². The zero-order chi connectivity index (χ0) is 94.7. The van der Waals surface area contributed by atoms with Gasteiger partial charge < -0.3 is 90.5 Å². The van der Waals surface area contributed by atoms with Crippen molar-refractivity contribution < 1.29 is 91.7 Å². The van der Waals surface area contributed by atoms with Gasteiger partial charge in [0.05, 0.1) is 42.2 Å². The van der Waals surface area contributed by atoms with Crippen molar-refractivity contribution in [1.29, 1.82) is 0 Å². The first-order valence-electron chi connectivity index (χ1n) is 43.8. The van der Waals surface area contributed by atoms with Crippen molar-refractivity contribution in [2.75, 3.05) is 6.54 Å². The number of aromatic hydroxyl groups is 1. The van der Waals surface area contributed by atoms with Gasteiger partial charge in [-0.3, -0.25) is 81.5 Å². The molecule has 17 atom stereocenters. The molecule has 3 aromatic carbocycles. The maximum atomic E-state index is 15.3. The minimum absolute atomic E-state index is 0.0439. The Kier molecular flexibility index (Phi) is 42.7. The molecule has 4 aromatic rings. The molecule has 0 bridgehead atoms. The number of phenolic OH excluding ortho intramolecular Hbond substituents is 1. The second kappa shape index (κ2) is 51.2. The number of fused-ring (bicyclic) bond motifs is 1. The molecule has 0 spiro atoms. The number of rotatable bonds is 34. The van der Waals surface area contributed by atoms with Crippen LogP contribution in [0.4, 0.5) is 0 Å². The van der Waals surface area contributed by atoms with Crippen LogP contribution < -0.4 is 86.1 Å². The Labute approximate surface area is 742 Å². The maximum Gasteiger partial charge on any atom is 0.246 e. The highest BCUT2D eigenvalue weighted by atomic mass is 16.3. The number of nitrogens with two attached hydrogens (primary N) is 2. The lowest BCUT2D eigenvalue weighted by Gasteiger charge is -2.33. The highest BCUT2D eigenvalue weighted by Gasteiger charge is 2.44. The number of hydrogen-bond acceptors (Lipinski definition) is 22. The molecule has 127 heavy (non-hydrogen) atoms. The SMILES string of the molecule is CC[C@H](C)[C@H](NN[C@H](C)C(N)=O)C(=O)C(=O)[C@H](C)NC(=O)C(C)NC(=O)[C@]1(C)CCC/C=C/CCCCCC[C@@](C)(NC(=O)[C@H](Cc2ccccc2)NC(=O)[C@@H](NC(=O)[C@H](CC(C)C)NC(C)=O)[C@@H](C)O)C(=O)NC(C)C(=O)N[C@@H](Cc2ccc(O)cc2)C(=O)N[C@@H](Cc2c[nH]c3ccccc23)C(=O)N[C@@H](C)C(=O)C(=O)[C@H](CCC(N)=O)NC[C@@H](CC(C)C)C(=O)N1. The van der Waals surface area contributed by atoms with Crippen molar-refractivity contribution in [3.8, 4) is 5.75 Å². The van der Waals surface area contributed by atoms with E-state index in [2.05, 4.69) is 79.6 Å². The van der Waals surface area contributed by atoms with Gasteiger partial charge in [0.25, 0.3) is 0 Å². The summed E-state index contributed by atoms with van der Waals surface area (Å²) in [5.41, 5.74) is 14.8. The molecule has 36 nitrogen and oxygen atoms in total. The molecule has 0 radical (unpaired) electrons. The number of amides is 13. The number of aromatic amines is 1. The number of ketones is 4. The molecule has 5 rings (SSSR count). The van der Waals surface area contributed by atoms with E-state index in [1.165, 1.54) is 86.6 Å². The van der Waals surface area contributed by atoms with E-state index in [-0.39, 0.29) is 88.3 Å². The van der Waals surface area contributed by atoms with E-state index >= 15 is 24.0 Å². The largest absolute Gasteiger partial charge is 0.508 e. The van der Waals surface area contributed by atoms with E-state index < -0.39 is 208 Å². The molecule has 1 aliphatic heterocycles. The molecule has 21 N–H and O–H groups in total. The first-order chi connectivity index (χ1) is 59.8. The van der Waals surface area contributed by atoms with Crippen LogP contribution in [0, 0.1) is 23.7 Å². The van der Waals surface area contributed by atoms with Gasteiger partial charge in [0.15, 0.2) is 0 Å². The summed E-state index contributed by atoms with van der Waals surface area (Å²) in [6, 6.07) is 4.24. The summed E-state index contributed by atoms with van der Waals surface area (Å²) in [6.07, 6.45) is 6.02. The molecule has 13 amide bonds. The number of primary amides is 2. The van der Waals surface area contributed by atoms with E-state index in [1.807, 2.05) is 39.8 Å². The predicted octanol–water partition coefficient (Wildman–Crippen LogP) is 2.17. The number of aromatic nitrogens is 1. The zero-order valence-corrected chi connectivity index (χ0v) is 75.8. The van der Waals surface area contributed by atoms with Crippen LogP contribution in [-0.4, -0.2) is 211 Å². The lowest BCUT2D eigenvalue weighted by molar-refractivity contribution is -0.141. The van der Waals surface area contributed by atoms with Crippen LogP contribution in [0.5, 0.6) is 5.75 Å². The summed E-state index contributed by atoms with van der Waals surface area (Å²) < 4.78 is 0. The maximum absolute atomic E-state index is 15.3. The van der Waals surface area contributed by atoms with Gasteiger partial charge in [-0.25, -0.2) is 10.9 Å². The summed E-state index contributed by atoms with van der Waals surface area (Å²) in [7, 11) is 0. The fourth-order valence-corrected chi connectivity index (χ4v) is 14.5. The number of Topliss-reactive ketones (excluding diaryl/α,β-unsaturated/α-hetero) is 4. The van der Waals surface area contributed by atoms with Gasteiger partial charge in [0.2, 0.25) is 99.9 Å². The molecule has 1 aromatic heterocycles. The predicted molar refractivity (Wildman–Crippen MR) is 476 cm³/mol. The number of benzene rings is 3. The minimum Gasteiger partial charge on any atom is -0.508 e. The van der Waals surface area contributed by atoms with Crippen LogP contribution in [0.1, 0.15) is 210 Å². The number of hydrogen-bond donors (Lipinski definition) is 19. The van der Waals surface area contributed by atoms with Gasteiger partial charge in [-0.1, -0.05) is 140 Å². The lowest BCUT2D eigenvalue weighted by Crippen LogP contribution is -2.64. The summed E-state index contributed by atoms with van der Waals surface area (Å²) in [5, 5.41) is 54.5. The summed E-state index contributed by atoms with van der Waals surface area (Å²) >= 11 is 0. The molecule has 36 heteroatoms. The Balaban J connectivity index is 1.59. The number of allylic oxidation sites excluding steroid dienone is 2. The molecule has 698 valence electrons. The molecule has 0 aliphatic carbocycles. The second-order valence-electron chi connectivity index (χ2n) is 34.8. The number of H-pyrrole nitrogens is 1. The van der Waals surface area contributed by atoms with Crippen LogP contribution in [0.3, 0.4) is 0 Å². The number of carbonyl (C=O) groups is 17. The fourth-order valence-electron chi connectivity index (χ4n) is 14.5. The molecular weight excluding hydrogens is 1640 g/mol. The van der Waals surface area contributed by atoms with Crippen LogP contribution in [0.15, 0.2) is 97.2 Å². The number of aliphatic hydroxyl groups excluding tert-OH is 1. The summed E-state index contributed by atoms with van der Waals surface area (Å²) in [6.45, 7) is 22.5. The van der Waals surface area contributed by atoms with Gasteiger partial charge >= 0.3 is 0 Å². The third kappa shape index (κ3) is 34.2. The Bertz CT molecular complexity index is 4500. The molecule has 2 unspecified atom stereocenters. The monoisotopic (exact) mass is 1770 g/mol. The zero-order valence-electron chi connectivity index (χ0n) is 75.8. The molecule has 0 fully saturated rings. The quantitative estimate of drug-likeness (QED) is 0.0181. The number of hydrazine groups is 1. The fraction of sp³-hybridized carbons (Fsp3) is 0.571. The molecule has 0 saturated heterocycles. The van der Waals surface area contributed by atoms with Crippen molar-refractivity contribution >= 4 is 111 Å². The third-order valence-corrected chi connectivity index (χ3v) is 22.5. The number of nitrogens with one attached hydrogen (secondary N) is 15. The van der Waals surface area contributed by atoms with Gasteiger partial charge in [-0.05, 0) is 166 Å². The van der Waals surface area contributed by atoms with E-state index in [9.17, 15) is 67.7 Å². The van der Waals surface area contributed by atoms with E-state index in [1.54, 1.807) is 74.6 Å². The van der Waals surface area contributed by atoms with E-state index in [4.69, 9.17) is 11.5 Å². The van der Waals surface area contributed by atoms with Gasteiger partial charge in [-0.2, -0.15) is 0 Å². The summed E-state index contributed by atoms with van der Waals surface area (Å²) in [4.78, 5) is 244. The summed E-state index contributed by atoms with van der Waals surface area (Å²) in [5.74, 6) is -17.1. The van der Waals surface area contributed by atoms with E-state index in [0.717, 1.165) is 0 Å². The van der Waals surface area contributed by atoms with Gasteiger partial charge in [-0.15, -0.1) is 0 Å². The van der Waals surface area contributed by atoms with Crippen molar-refractivity contribution in [2.24, 2.45) is 35.1 Å². The van der Waals surface area contributed by atoms with Crippen LogP contribution >= 0.6 is 0 Å². The smallest absolute Gasteiger partial charge is 0.246 e. The number of phenols is 1. The molecule has 2 heterocycles. The molecule has 1 aliphatic rings. The first-order valence-corrected chi connectivity index (χ1v) is 43.8. The van der Waals surface area contributed by atoms with Crippen molar-refractivity contribution in [1.82, 2.24) is 79.6 Å². The van der Waals surface area contributed by atoms with Crippen molar-refractivity contribution in [3.05, 3.63) is 114 Å². The Morgan fingerprint density at radius 3 is 1.80 bits per heavy atom. The Hall–Kier alpha value is -11.6. The normalized spacial score (nSPS) is 22.8. The lowest BCUT2D eigenvalue weighted by atomic mass is 9.89. The second-order valence-corrected chi connectivity index (χ2v) is 34.8. The minimum atomic E-state index is -1.91. The highest BCUT2D eigenvalue weighted by Crippen LogP contribution is 2.25. The highest BCUT2D eigenvalue weighted by molar-refractivity contribution is 6.42. The van der Waals surface area contributed by atoms with Gasteiger partial charge in [0.1, 0.15) is 59.1 Å². The molecule has 0 saturated carbocycles. The topological polar surface area (TPSA) is 567 Å². The average molecular weight is 1770 g/mol. The van der Waals surface area contributed by atoms with Crippen LogP contribution in [0.25, 0.3) is 10.9 Å². The van der Waals surface area contributed by atoms with Crippen LogP contribution in [-0.2, 0) is 101 Å². The van der Waals surface area contributed by atoms with Crippen molar-refractivity contribution in [2.45, 2.75) is 303 Å². The standard InChI is InChI=1S/C91H135N17O19/c1-16-52(6)73(108-107-55(9)79(93)117)78(116)76(114)54(8)96-80(118)56(10)98-88(126)90(14)41-29-22-20-18-17-19-21-23-30-42-91(15,106-86(124)70(45-60-31-25-24-26-32-60)103-87(125)74(58(12)109)104-85(123)68(44-51(4)5)100-59(13)110)89(127)99-57(11)81(119)101-69(46-61-35-37-64(111)38-36-61)84(122)102-71(47-62-48-94-66-34-28-27-33-65(62)66)83(121)97-53(7)75(113)77(115)67(39-40-72(92)112)95-49-63(43-50(2)3)82(120)105-90/h18,20,24-28,31-38,48,50-58,63,67-71,73-74,94-95,107-109,111H,16-17,19,21-23,29-30,39-47,49H2,1-15H3,(H2,92,112)(H2,93,117)(H,96,118)(H,97,121)(H,98,126)(H,99,127)(H,100,110)(H,101,119)(H,102,122)(H,103,125)(H,104,123)(H,105,120)(H,106,124)/b20-18+/t52-,53-,54-,55+,56?,57?,58+,63+,67-,68-,69-,70-,71-,73-,74-,90-,91+/m0/s1. The Morgan fingerprint density at radius 2 is 1.18 bits per heavy atom. The number of carbonyl (C=O) groups excluding carboxylic acids is 17. The third-order valence-electron chi connectivity index (χ3n) is 22.5. The van der Waals surface area contributed by atoms with Crippen molar-refractivity contribution in [3.63, 3.8) is 0 Å².